The Hall–Kier alpha value is -0.410. The van der Waals surface area contributed by atoms with Gasteiger partial charge in [-0.3, -0.25) is 4.79 Å². The Morgan fingerprint density at radius 3 is 2.62 bits per heavy atom. The molecule has 1 saturated heterocycles. The fourth-order valence-corrected chi connectivity index (χ4v) is 3.90. The van der Waals surface area contributed by atoms with Crippen LogP contribution in [0.3, 0.4) is 0 Å². The molecule has 3 nitrogen and oxygen atoms in total. The number of carbonyl (C=O) groups excluding carboxylic acids is 1. The van der Waals surface area contributed by atoms with E-state index in [-0.39, 0.29) is 11.2 Å². The van der Waals surface area contributed by atoms with Crippen LogP contribution in [0.25, 0.3) is 0 Å². The number of hydrogen-bond acceptors (Lipinski definition) is 3. The molecule has 2 saturated carbocycles. The lowest BCUT2D eigenvalue weighted by molar-refractivity contribution is -0.204. The Morgan fingerprint density at radius 2 is 1.94 bits per heavy atom. The largest absolute Gasteiger partial charge is 0.348 e. The van der Waals surface area contributed by atoms with E-state index in [4.69, 9.17) is 9.47 Å². The van der Waals surface area contributed by atoms with Gasteiger partial charge in [0.25, 0.3) is 0 Å². The third-order valence-electron chi connectivity index (χ3n) is 5.02. The summed E-state index contributed by atoms with van der Waals surface area (Å²) in [5, 5.41) is 0. The SMILES string of the molecule is C[C@H]1CC(=O)[C@@]2(C)CCC3(C[C@H]12)OCCO3. The summed E-state index contributed by atoms with van der Waals surface area (Å²) in [5.41, 5.74) is -0.0972. The van der Waals surface area contributed by atoms with Crippen LogP contribution < -0.4 is 0 Å². The highest BCUT2D eigenvalue weighted by Crippen LogP contribution is 2.56. The van der Waals surface area contributed by atoms with Crippen molar-refractivity contribution in [2.45, 2.75) is 45.3 Å². The minimum absolute atomic E-state index is 0.0972. The van der Waals surface area contributed by atoms with Crippen molar-refractivity contribution in [2.24, 2.45) is 17.3 Å². The lowest BCUT2D eigenvalue weighted by Crippen LogP contribution is -2.45. The van der Waals surface area contributed by atoms with Crippen molar-refractivity contribution in [3.05, 3.63) is 0 Å². The van der Waals surface area contributed by atoms with Gasteiger partial charge in [-0.25, -0.2) is 0 Å². The fourth-order valence-electron chi connectivity index (χ4n) is 3.90. The predicted octanol–water partition coefficient (Wildman–Crippen LogP) is 2.14. The zero-order valence-corrected chi connectivity index (χ0v) is 10.1. The van der Waals surface area contributed by atoms with Gasteiger partial charge in [-0.2, -0.15) is 0 Å². The molecular formula is C13H20O3. The first-order valence-corrected chi connectivity index (χ1v) is 6.37. The summed E-state index contributed by atoms with van der Waals surface area (Å²) in [4.78, 5) is 12.1. The maximum absolute atomic E-state index is 12.1. The molecule has 1 aliphatic heterocycles. The van der Waals surface area contributed by atoms with Crippen LogP contribution in [0, 0.1) is 17.3 Å². The molecule has 0 amide bonds. The zero-order chi connectivity index (χ0) is 11.4. The maximum Gasteiger partial charge on any atom is 0.168 e. The van der Waals surface area contributed by atoms with Gasteiger partial charge < -0.3 is 9.47 Å². The summed E-state index contributed by atoms with van der Waals surface area (Å²) in [6, 6.07) is 0. The van der Waals surface area contributed by atoms with Gasteiger partial charge in [-0.05, 0) is 18.3 Å². The van der Waals surface area contributed by atoms with Crippen LogP contribution in [0.1, 0.15) is 39.5 Å². The molecule has 3 heteroatoms. The monoisotopic (exact) mass is 224 g/mol. The first kappa shape index (κ1) is 10.7. The predicted molar refractivity (Wildman–Crippen MR) is 58.9 cm³/mol. The summed E-state index contributed by atoms with van der Waals surface area (Å²) in [7, 11) is 0. The van der Waals surface area contributed by atoms with E-state index in [1.54, 1.807) is 0 Å². The van der Waals surface area contributed by atoms with E-state index in [1.165, 1.54) is 0 Å². The topological polar surface area (TPSA) is 35.5 Å². The molecule has 3 fully saturated rings. The molecule has 1 heterocycles. The van der Waals surface area contributed by atoms with Crippen LogP contribution in [0.15, 0.2) is 0 Å². The number of rotatable bonds is 0. The number of fused-ring (bicyclic) bond motifs is 1. The lowest BCUT2D eigenvalue weighted by Gasteiger charge is -2.44. The van der Waals surface area contributed by atoms with Crippen molar-refractivity contribution >= 4 is 5.78 Å². The minimum atomic E-state index is -0.344. The summed E-state index contributed by atoms with van der Waals surface area (Å²) in [5.74, 6) is 1.05. The van der Waals surface area contributed by atoms with Gasteiger partial charge >= 0.3 is 0 Å². The molecule has 0 radical (unpaired) electrons. The highest BCUT2D eigenvalue weighted by atomic mass is 16.7. The number of Topliss-reactive ketones (excluding diaryl/α,β-unsaturated/α-hetero) is 1. The lowest BCUT2D eigenvalue weighted by atomic mass is 9.65. The van der Waals surface area contributed by atoms with E-state index in [2.05, 4.69) is 13.8 Å². The highest BCUT2D eigenvalue weighted by molar-refractivity contribution is 5.87. The van der Waals surface area contributed by atoms with Crippen molar-refractivity contribution in [2.75, 3.05) is 13.2 Å². The van der Waals surface area contributed by atoms with Crippen molar-refractivity contribution < 1.29 is 14.3 Å². The second-order valence-electron chi connectivity index (χ2n) is 5.94. The Labute approximate surface area is 96.5 Å². The molecular weight excluding hydrogens is 204 g/mol. The molecule has 0 aromatic rings. The van der Waals surface area contributed by atoms with Gasteiger partial charge in [-0.15, -0.1) is 0 Å². The van der Waals surface area contributed by atoms with E-state index in [9.17, 15) is 4.79 Å². The maximum atomic E-state index is 12.1. The van der Waals surface area contributed by atoms with Crippen LogP contribution in [-0.4, -0.2) is 24.8 Å². The van der Waals surface area contributed by atoms with E-state index in [0.29, 0.717) is 30.8 Å². The molecule has 3 rings (SSSR count). The molecule has 90 valence electrons. The quantitative estimate of drug-likeness (QED) is 0.632. The van der Waals surface area contributed by atoms with Gasteiger partial charge in [0.15, 0.2) is 5.79 Å². The van der Waals surface area contributed by atoms with Gasteiger partial charge in [0, 0.05) is 24.7 Å². The summed E-state index contributed by atoms with van der Waals surface area (Å²) >= 11 is 0. The Balaban J connectivity index is 1.87. The molecule has 3 aliphatic rings. The van der Waals surface area contributed by atoms with Crippen LogP contribution >= 0.6 is 0 Å². The standard InChI is InChI=1S/C13H20O3/c1-9-7-11(14)12(2)3-4-13(8-10(9)12)15-5-6-16-13/h9-10H,3-8H2,1-2H3/t9-,10+,12-/m0/s1. The van der Waals surface area contributed by atoms with Gasteiger partial charge in [0.2, 0.25) is 0 Å². The van der Waals surface area contributed by atoms with Crippen LogP contribution in [0.5, 0.6) is 0 Å². The van der Waals surface area contributed by atoms with Crippen molar-refractivity contribution in [3.8, 4) is 0 Å². The molecule has 2 aliphatic carbocycles. The summed E-state index contributed by atoms with van der Waals surface area (Å²) in [6.45, 7) is 5.77. The number of ketones is 1. The molecule has 0 unspecified atom stereocenters. The first-order chi connectivity index (χ1) is 7.56. The molecule has 0 aromatic carbocycles. The third-order valence-corrected chi connectivity index (χ3v) is 5.02. The highest BCUT2D eigenvalue weighted by Gasteiger charge is 2.57. The average molecular weight is 224 g/mol. The Morgan fingerprint density at radius 1 is 1.25 bits per heavy atom. The van der Waals surface area contributed by atoms with Gasteiger partial charge in [-0.1, -0.05) is 13.8 Å². The van der Waals surface area contributed by atoms with E-state index in [1.807, 2.05) is 0 Å². The smallest absolute Gasteiger partial charge is 0.168 e. The molecule has 0 aromatic heterocycles. The summed E-state index contributed by atoms with van der Waals surface area (Å²) in [6.07, 6.45) is 3.48. The summed E-state index contributed by atoms with van der Waals surface area (Å²) < 4.78 is 11.6. The number of ether oxygens (including phenoxy) is 2. The molecule has 0 bridgehead atoms. The Bertz CT molecular complexity index is 319. The van der Waals surface area contributed by atoms with Gasteiger partial charge in [0.1, 0.15) is 5.78 Å². The second kappa shape index (κ2) is 3.30. The van der Waals surface area contributed by atoms with E-state index in [0.717, 1.165) is 25.7 Å². The average Bonchev–Trinajstić information content (AvgIpc) is 2.78. The van der Waals surface area contributed by atoms with E-state index < -0.39 is 0 Å². The second-order valence-corrected chi connectivity index (χ2v) is 5.94. The Kier molecular flexibility index (Phi) is 2.21. The molecule has 1 spiro atoms. The zero-order valence-electron chi connectivity index (χ0n) is 10.1. The van der Waals surface area contributed by atoms with Gasteiger partial charge in [0.05, 0.1) is 13.2 Å². The van der Waals surface area contributed by atoms with Crippen molar-refractivity contribution in [1.29, 1.82) is 0 Å². The number of hydrogen-bond donors (Lipinski definition) is 0. The van der Waals surface area contributed by atoms with Crippen molar-refractivity contribution in [3.63, 3.8) is 0 Å². The van der Waals surface area contributed by atoms with Crippen molar-refractivity contribution in [1.82, 2.24) is 0 Å². The molecule has 3 atom stereocenters. The molecule has 0 N–H and O–H groups in total. The first-order valence-electron chi connectivity index (χ1n) is 6.37. The number of carbonyl (C=O) groups is 1. The van der Waals surface area contributed by atoms with Crippen LogP contribution in [0.2, 0.25) is 0 Å². The normalized spacial score (nSPS) is 46.2. The van der Waals surface area contributed by atoms with Crippen LogP contribution in [-0.2, 0) is 14.3 Å². The minimum Gasteiger partial charge on any atom is -0.348 e. The third kappa shape index (κ3) is 1.31. The van der Waals surface area contributed by atoms with Crippen LogP contribution in [0.4, 0.5) is 0 Å². The van der Waals surface area contributed by atoms with E-state index >= 15 is 0 Å². The fraction of sp³-hybridized carbons (Fsp3) is 0.923. The molecule has 16 heavy (non-hydrogen) atoms.